The molecule has 0 bridgehead atoms. The van der Waals surface area contributed by atoms with E-state index in [0.717, 1.165) is 22.4 Å². The van der Waals surface area contributed by atoms with Crippen LogP contribution in [0.4, 0.5) is 0 Å². The number of carbonyl (C=O) groups is 2. The lowest BCUT2D eigenvalue weighted by Crippen LogP contribution is -2.51. The van der Waals surface area contributed by atoms with Gasteiger partial charge in [0, 0.05) is 25.9 Å². The molecule has 2 amide bonds. The predicted octanol–water partition coefficient (Wildman–Crippen LogP) is 5.87. The highest BCUT2D eigenvalue weighted by atomic mass is 16.5. The average Bonchev–Trinajstić information content (AvgIpc) is 2.88. The number of benzene rings is 3. The van der Waals surface area contributed by atoms with Crippen LogP contribution in [0.15, 0.2) is 78.9 Å². The fourth-order valence-corrected chi connectivity index (χ4v) is 4.18. The maximum absolute atomic E-state index is 13.7. The van der Waals surface area contributed by atoms with Crippen LogP contribution in [0.25, 0.3) is 0 Å². The number of ether oxygens (including phenoxy) is 1. The Labute approximate surface area is 221 Å². The lowest BCUT2D eigenvalue weighted by atomic mass is 10.0. The van der Waals surface area contributed by atoms with Gasteiger partial charge in [-0.05, 0) is 49.4 Å². The molecule has 37 heavy (non-hydrogen) atoms. The van der Waals surface area contributed by atoms with Gasteiger partial charge in [0.15, 0.2) is 0 Å². The van der Waals surface area contributed by atoms with E-state index < -0.39 is 6.04 Å². The molecule has 5 nitrogen and oxygen atoms in total. The standard InChI is InChI=1S/C32H40N2O3/c1-24(2)22-33-32(36)30(21-27-11-6-5-7-12-27)34(23-28-13-8-10-26(4)20-28)31(35)14-9-19-37-29-17-15-25(3)16-18-29/h5-8,10-13,15-18,20,24,30H,9,14,19,21-23H2,1-4H3,(H,33,36)/t30-/m1/s1. The third-order valence-electron chi connectivity index (χ3n) is 6.22. The topological polar surface area (TPSA) is 58.6 Å². The third-order valence-corrected chi connectivity index (χ3v) is 6.22. The Morgan fingerprint density at radius 3 is 2.24 bits per heavy atom. The Hall–Kier alpha value is -3.60. The number of hydrogen-bond donors (Lipinski definition) is 1. The first-order chi connectivity index (χ1) is 17.8. The van der Waals surface area contributed by atoms with Crippen molar-refractivity contribution in [2.75, 3.05) is 13.2 Å². The van der Waals surface area contributed by atoms with E-state index in [1.165, 1.54) is 5.56 Å². The smallest absolute Gasteiger partial charge is 0.243 e. The van der Waals surface area contributed by atoms with Gasteiger partial charge in [-0.25, -0.2) is 0 Å². The summed E-state index contributed by atoms with van der Waals surface area (Å²) in [6.07, 6.45) is 1.34. The summed E-state index contributed by atoms with van der Waals surface area (Å²) < 4.78 is 5.84. The van der Waals surface area contributed by atoms with Gasteiger partial charge >= 0.3 is 0 Å². The van der Waals surface area contributed by atoms with Crippen LogP contribution in [-0.2, 0) is 22.6 Å². The fraction of sp³-hybridized carbons (Fsp3) is 0.375. The van der Waals surface area contributed by atoms with Crippen LogP contribution >= 0.6 is 0 Å². The molecule has 0 spiro atoms. The van der Waals surface area contributed by atoms with E-state index in [1.807, 2.05) is 86.6 Å². The average molecular weight is 501 g/mol. The van der Waals surface area contributed by atoms with Crippen molar-refractivity contribution < 1.29 is 14.3 Å². The zero-order chi connectivity index (χ0) is 26.6. The normalized spacial score (nSPS) is 11.7. The van der Waals surface area contributed by atoms with Gasteiger partial charge in [-0.1, -0.05) is 91.7 Å². The summed E-state index contributed by atoms with van der Waals surface area (Å²) >= 11 is 0. The van der Waals surface area contributed by atoms with Crippen molar-refractivity contribution in [3.63, 3.8) is 0 Å². The molecule has 3 rings (SSSR count). The van der Waals surface area contributed by atoms with Gasteiger partial charge in [0.2, 0.25) is 11.8 Å². The zero-order valence-electron chi connectivity index (χ0n) is 22.6. The van der Waals surface area contributed by atoms with Crippen LogP contribution < -0.4 is 10.1 Å². The Morgan fingerprint density at radius 1 is 0.865 bits per heavy atom. The molecule has 3 aromatic rings. The van der Waals surface area contributed by atoms with Crippen molar-refractivity contribution in [3.05, 3.63) is 101 Å². The minimum Gasteiger partial charge on any atom is -0.494 e. The first kappa shape index (κ1) is 28.0. The maximum Gasteiger partial charge on any atom is 0.243 e. The first-order valence-corrected chi connectivity index (χ1v) is 13.2. The summed E-state index contributed by atoms with van der Waals surface area (Å²) in [7, 11) is 0. The molecule has 0 aliphatic rings. The number of aryl methyl sites for hydroxylation is 2. The Balaban J connectivity index is 1.78. The number of carbonyl (C=O) groups excluding carboxylic acids is 2. The number of hydrogen-bond acceptors (Lipinski definition) is 3. The summed E-state index contributed by atoms with van der Waals surface area (Å²) in [5, 5.41) is 3.07. The van der Waals surface area contributed by atoms with Crippen molar-refractivity contribution >= 4 is 11.8 Å². The molecule has 0 radical (unpaired) electrons. The predicted molar refractivity (Wildman–Crippen MR) is 149 cm³/mol. The van der Waals surface area contributed by atoms with Crippen LogP contribution in [0.3, 0.4) is 0 Å². The molecule has 0 aromatic heterocycles. The fourth-order valence-electron chi connectivity index (χ4n) is 4.18. The summed E-state index contributed by atoms with van der Waals surface area (Å²) in [4.78, 5) is 28.9. The number of nitrogens with zero attached hydrogens (tertiary/aromatic N) is 1. The molecular weight excluding hydrogens is 460 g/mol. The van der Waals surface area contributed by atoms with Crippen LogP contribution in [-0.4, -0.2) is 35.9 Å². The monoisotopic (exact) mass is 500 g/mol. The van der Waals surface area contributed by atoms with Crippen LogP contribution in [0, 0.1) is 19.8 Å². The highest BCUT2D eigenvalue weighted by molar-refractivity contribution is 5.88. The molecule has 0 fully saturated rings. The van der Waals surface area contributed by atoms with Gasteiger partial charge in [-0.2, -0.15) is 0 Å². The molecule has 5 heteroatoms. The Bertz CT molecular complexity index is 1130. The number of nitrogens with one attached hydrogen (secondary N) is 1. The minimum atomic E-state index is -0.604. The molecule has 0 heterocycles. The van der Waals surface area contributed by atoms with Gasteiger partial charge in [0.25, 0.3) is 0 Å². The lowest BCUT2D eigenvalue weighted by Gasteiger charge is -2.32. The maximum atomic E-state index is 13.7. The molecular formula is C32H40N2O3. The molecule has 0 saturated carbocycles. The van der Waals surface area contributed by atoms with Crippen molar-refractivity contribution in [1.29, 1.82) is 0 Å². The number of amides is 2. The second-order valence-corrected chi connectivity index (χ2v) is 10.1. The highest BCUT2D eigenvalue weighted by Crippen LogP contribution is 2.18. The van der Waals surface area contributed by atoms with E-state index in [-0.39, 0.29) is 11.8 Å². The molecule has 196 valence electrons. The molecule has 0 aliphatic carbocycles. The Morgan fingerprint density at radius 2 is 1.57 bits per heavy atom. The van der Waals surface area contributed by atoms with Gasteiger partial charge < -0.3 is 15.0 Å². The van der Waals surface area contributed by atoms with Crippen LogP contribution in [0.5, 0.6) is 5.75 Å². The van der Waals surface area contributed by atoms with Gasteiger partial charge in [0.1, 0.15) is 11.8 Å². The molecule has 1 N–H and O–H groups in total. The van der Waals surface area contributed by atoms with E-state index in [0.29, 0.717) is 44.9 Å². The second kappa shape index (κ2) is 14.2. The van der Waals surface area contributed by atoms with Crippen molar-refractivity contribution in [2.45, 2.75) is 59.5 Å². The van der Waals surface area contributed by atoms with Crippen molar-refractivity contribution in [2.24, 2.45) is 5.92 Å². The zero-order valence-corrected chi connectivity index (χ0v) is 22.6. The molecule has 0 aliphatic heterocycles. The molecule has 3 aromatic carbocycles. The van der Waals surface area contributed by atoms with E-state index in [9.17, 15) is 9.59 Å². The molecule has 0 unspecified atom stereocenters. The second-order valence-electron chi connectivity index (χ2n) is 10.1. The minimum absolute atomic E-state index is 0.0466. The van der Waals surface area contributed by atoms with Crippen molar-refractivity contribution in [1.82, 2.24) is 10.2 Å². The van der Waals surface area contributed by atoms with Crippen molar-refractivity contribution in [3.8, 4) is 5.75 Å². The Kier molecular flexibility index (Phi) is 10.8. The third kappa shape index (κ3) is 9.41. The summed E-state index contributed by atoms with van der Waals surface area (Å²) in [6.45, 7) is 9.60. The molecule has 0 saturated heterocycles. The van der Waals surface area contributed by atoms with Gasteiger partial charge in [0.05, 0.1) is 6.61 Å². The highest BCUT2D eigenvalue weighted by Gasteiger charge is 2.30. The quantitative estimate of drug-likeness (QED) is 0.298. The number of rotatable bonds is 13. The first-order valence-electron chi connectivity index (χ1n) is 13.2. The summed E-state index contributed by atoms with van der Waals surface area (Å²) in [5.41, 5.74) is 4.34. The van der Waals surface area contributed by atoms with Gasteiger partial charge in [-0.3, -0.25) is 9.59 Å². The molecule has 1 atom stereocenters. The largest absolute Gasteiger partial charge is 0.494 e. The SMILES string of the molecule is Cc1ccc(OCCCC(=O)N(Cc2cccc(C)c2)[C@H](Cc2ccccc2)C(=O)NCC(C)C)cc1. The lowest BCUT2D eigenvalue weighted by molar-refractivity contribution is -0.141. The van der Waals surface area contributed by atoms with Gasteiger partial charge in [-0.15, -0.1) is 0 Å². The van der Waals surface area contributed by atoms with E-state index in [2.05, 4.69) is 25.2 Å². The van der Waals surface area contributed by atoms with Crippen LogP contribution in [0.2, 0.25) is 0 Å². The summed E-state index contributed by atoms with van der Waals surface area (Å²) in [6, 6.07) is 25.3. The summed E-state index contributed by atoms with van der Waals surface area (Å²) in [5.74, 6) is 0.954. The van der Waals surface area contributed by atoms with E-state index >= 15 is 0 Å². The van der Waals surface area contributed by atoms with E-state index in [4.69, 9.17) is 4.74 Å². The van der Waals surface area contributed by atoms with Crippen LogP contribution in [0.1, 0.15) is 48.9 Å². The van der Waals surface area contributed by atoms with E-state index in [1.54, 1.807) is 4.90 Å².